The lowest BCUT2D eigenvalue weighted by Crippen LogP contribution is -2.26. The summed E-state index contributed by atoms with van der Waals surface area (Å²) in [7, 11) is 1.69. The number of rotatable bonds is 3. The van der Waals surface area contributed by atoms with Gasteiger partial charge in [-0.2, -0.15) is 0 Å². The molecule has 0 radical (unpaired) electrons. The van der Waals surface area contributed by atoms with Crippen molar-refractivity contribution in [1.82, 2.24) is 10.3 Å². The highest BCUT2D eigenvalue weighted by atomic mass is 35.5. The first-order valence-electron chi connectivity index (χ1n) is 7.18. The van der Waals surface area contributed by atoms with Crippen molar-refractivity contribution in [3.63, 3.8) is 0 Å². The maximum atomic E-state index is 5.20. The molecule has 1 aliphatic heterocycles. The molecule has 1 aromatic heterocycles. The first kappa shape index (κ1) is 15.8. The van der Waals surface area contributed by atoms with E-state index in [0.29, 0.717) is 5.92 Å². The van der Waals surface area contributed by atoms with Crippen LogP contribution in [-0.2, 0) is 0 Å². The molecule has 1 aromatic carbocycles. The molecule has 21 heavy (non-hydrogen) atoms. The van der Waals surface area contributed by atoms with Crippen molar-refractivity contribution in [1.29, 1.82) is 0 Å². The lowest BCUT2D eigenvalue weighted by Gasteiger charge is -2.23. The molecule has 2 aromatic rings. The Labute approximate surface area is 132 Å². The van der Waals surface area contributed by atoms with Crippen molar-refractivity contribution < 1.29 is 4.74 Å². The van der Waals surface area contributed by atoms with Crippen LogP contribution in [0.2, 0.25) is 0 Å². The van der Waals surface area contributed by atoms with Crippen molar-refractivity contribution in [3.8, 4) is 17.0 Å². The number of halogens is 1. The fourth-order valence-corrected chi connectivity index (χ4v) is 2.78. The molecule has 0 bridgehead atoms. The Morgan fingerprint density at radius 1 is 1.10 bits per heavy atom. The Morgan fingerprint density at radius 3 is 2.48 bits per heavy atom. The molecule has 2 heterocycles. The highest BCUT2D eigenvalue weighted by molar-refractivity contribution is 5.85. The molecule has 0 atom stereocenters. The van der Waals surface area contributed by atoms with E-state index in [1.807, 2.05) is 18.3 Å². The summed E-state index contributed by atoms with van der Waals surface area (Å²) in [5.41, 5.74) is 3.59. The second kappa shape index (κ2) is 7.43. The summed E-state index contributed by atoms with van der Waals surface area (Å²) < 4.78 is 5.20. The minimum atomic E-state index is 0. The highest BCUT2D eigenvalue weighted by Gasteiger charge is 2.15. The summed E-state index contributed by atoms with van der Waals surface area (Å²) in [6.07, 6.45) is 4.36. The molecule has 3 nitrogen and oxygen atoms in total. The van der Waals surface area contributed by atoms with E-state index in [1.165, 1.54) is 18.4 Å². The summed E-state index contributed by atoms with van der Waals surface area (Å²) in [6, 6.07) is 12.5. The van der Waals surface area contributed by atoms with E-state index < -0.39 is 0 Å². The fraction of sp³-hybridized carbons (Fsp3) is 0.353. The fourth-order valence-electron chi connectivity index (χ4n) is 2.78. The first-order valence-corrected chi connectivity index (χ1v) is 7.18. The third-order valence-electron chi connectivity index (χ3n) is 3.98. The van der Waals surface area contributed by atoms with Crippen LogP contribution in [0, 0.1) is 0 Å². The van der Waals surface area contributed by atoms with Crippen LogP contribution in [0.25, 0.3) is 11.3 Å². The maximum absolute atomic E-state index is 5.20. The van der Waals surface area contributed by atoms with Gasteiger partial charge in [-0.25, -0.2) is 0 Å². The van der Waals surface area contributed by atoms with Crippen LogP contribution in [0.3, 0.4) is 0 Å². The second-order valence-electron chi connectivity index (χ2n) is 5.23. The number of aromatic nitrogens is 1. The van der Waals surface area contributed by atoms with Crippen molar-refractivity contribution in [3.05, 3.63) is 48.2 Å². The molecule has 0 spiro atoms. The number of ether oxygens (including phenoxy) is 1. The summed E-state index contributed by atoms with van der Waals surface area (Å²) in [6.45, 7) is 2.23. The van der Waals surface area contributed by atoms with Crippen LogP contribution >= 0.6 is 12.4 Å². The topological polar surface area (TPSA) is 34.1 Å². The van der Waals surface area contributed by atoms with Crippen LogP contribution < -0.4 is 10.1 Å². The molecular weight excluding hydrogens is 284 g/mol. The van der Waals surface area contributed by atoms with E-state index in [9.17, 15) is 0 Å². The van der Waals surface area contributed by atoms with Crippen LogP contribution in [0.4, 0.5) is 0 Å². The van der Waals surface area contributed by atoms with E-state index >= 15 is 0 Å². The second-order valence-corrected chi connectivity index (χ2v) is 5.23. The molecule has 4 heteroatoms. The predicted octanol–water partition coefficient (Wildman–Crippen LogP) is 3.65. The maximum Gasteiger partial charge on any atom is 0.118 e. The van der Waals surface area contributed by atoms with Gasteiger partial charge in [-0.05, 0) is 73.8 Å². The summed E-state index contributed by atoms with van der Waals surface area (Å²) in [4.78, 5) is 4.50. The molecule has 0 saturated carbocycles. The van der Waals surface area contributed by atoms with Gasteiger partial charge in [0.1, 0.15) is 5.75 Å². The largest absolute Gasteiger partial charge is 0.497 e. The Bertz CT molecular complexity index is 565. The highest BCUT2D eigenvalue weighted by Crippen LogP contribution is 2.28. The van der Waals surface area contributed by atoms with E-state index in [0.717, 1.165) is 30.1 Å². The van der Waals surface area contributed by atoms with Crippen LogP contribution in [-0.4, -0.2) is 25.2 Å². The molecule has 3 rings (SSSR count). The van der Waals surface area contributed by atoms with E-state index in [4.69, 9.17) is 4.74 Å². The SMILES string of the molecule is COc1ccc(-c2cc(C3CCNCC3)ccn2)cc1.Cl. The van der Waals surface area contributed by atoms with Gasteiger partial charge >= 0.3 is 0 Å². The zero-order valence-corrected chi connectivity index (χ0v) is 13.0. The molecule has 1 saturated heterocycles. The third-order valence-corrected chi connectivity index (χ3v) is 3.98. The van der Waals surface area contributed by atoms with Gasteiger partial charge in [0.05, 0.1) is 12.8 Å². The molecule has 1 aliphatic rings. The number of nitrogens with zero attached hydrogens (tertiary/aromatic N) is 1. The van der Waals surface area contributed by atoms with Gasteiger partial charge < -0.3 is 10.1 Å². The predicted molar refractivity (Wildman–Crippen MR) is 88.3 cm³/mol. The van der Waals surface area contributed by atoms with E-state index in [-0.39, 0.29) is 12.4 Å². The third kappa shape index (κ3) is 3.74. The number of hydrogen-bond acceptors (Lipinski definition) is 3. The van der Waals surface area contributed by atoms with Gasteiger partial charge in [-0.15, -0.1) is 12.4 Å². The van der Waals surface area contributed by atoms with Gasteiger partial charge in [0.15, 0.2) is 0 Å². The van der Waals surface area contributed by atoms with Gasteiger partial charge in [0.2, 0.25) is 0 Å². The molecular formula is C17H21ClN2O. The number of hydrogen-bond donors (Lipinski definition) is 1. The quantitative estimate of drug-likeness (QED) is 0.940. The number of methoxy groups -OCH3 is 1. The standard InChI is InChI=1S/C17H20N2O.ClH/c1-20-16-4-2-14(3-5-16)17-12-15(8-11-19-17)13-6-9-18-10-7-13;/h2-5,8,11-13,18H,6-7,9-10H2,1H3;1H. The first-order chi connectivity index (χ1) is 9.86. The zero-order valence-electron chi connectivity index (χ0n) is 12.2. The monoisotopic (exact) mass is 304 g/mol. The molecule has 1 N–H and O–H groups in total. The van der Waals surface area contributed by atoms with E-state index in [1.54, 1.807) is 7.11 Å². The molecule has 112 valence electrons. The zero-order chi connectivity index (χ0) is 13.8. The van der Waals surface area contributed by atoms with Gasteiger partial charge in [0.25, 0.3) is 0 Å². The Morgan fingerprint density at radius 2 is 1.81 bits per heavy atom. The number of benzene rings is 1. The average Bonchev–Trinajstić information content (AvgIpc) is 2.56. The van der Waals surface area contributed by atoms with E-state index in [2.05, 4.69) is 34.6 Å². The summed E-state index contributed by atoms with van der Waals surface area (Å²) in [5.74, 6) is 1.54. The van der Waals surface area contributed by atoms with Crippen molar-refractivity contribution in [2.24, 2.45) is 0 Å². The van der Waals surface area contributed by atoms with Gasteiger partial charge in [-0.1, -0.05) is 0 Å². The molecule has 0 amide bonds. The lowest BCUT2D eigenvalue weighted by molar-refractivity contribution is 0.415. The van der Waals surface area contributed by atoms with Gasteiger partial charge in [-0.3, -0.25) is 4.98 Å². The molecule has 0 aliphatic carbocycles. The Kier molecular flexibility index (Phi) is 5.59. The molecule has 1 fully saturated rings. The van der Waals surface area contributed by atoms with Crippen LogP contribution in [0.15, 0.2) is 42.6 Å². The summed E-state index contributed by atoms with van der Waals surface area (Å²) in [5, 5.41) is 3.41. The number of pyridine rings is 1. The number of piperidine rings is 1. The van der Waals surface area contributed by atoms with Crippen molar-refractivity contribution in [2.75, 3.05) is 20.2 Å². The van der Waals surface area contributed by atoms with Crippen LogP contribution in [0.5, 0.6) is 5.75 Å². The minimum Gasteiger partial charge on any atom is -0.497 e. The van der Waals surface area contributed by atoms with Crippen molar-refractivity contribution in [2.45, 2.75) is 18.8 Å². The molecule has 0 unspecified atom stereocenters. The smallest absolute Gasteiger partial charge is 0.118 e. The lowest BCUT2D eigenvalue weighted by atomic mass is 9.90. The Balaban J connectivity index is 0.00000161. The van der Waals surface area contributed by atoms with Crippen molar-refractivity contribution >= 4 is 12.4 Å². The van der Waals surface area contributed by atoms with Crippen LogP contribution in [0.1, 0.15) is 24.3 Å². The number of nitrogens with one attached hydrogen (secondary N) is 1. The Hall–Kier alpha value is -1.58. The van der Waals surface area contributed by atoms with Gasteiger partial charge in [0, 0.05) is 11.8 Å². The minimum absolute atomic E-state index is 0. The average molecular weight is 305 g/mol. The summed E-state index contributed by atoms with van der Waals surface area (Å²) >= 11 is 0. The normalized spacial score (nSPS) is 15.3.